The molecule has 0 radical (unpaired) electrons. The van der Waals surface area contributed by atoms with Crippen LogP contribution in [0.5, 0.6) is 0 Å². The highest BCUT2D eigenvalue weighted by atomic mass is 15.1. The third-order valence-corrected chi connectivity index (χ3v) is 13.0. The first-order chi connectivity index (χ1) is 31.2. The maximum atomic E-state index is 5.41. The first-order valence-corrected chi connectivity index (χ1v) is 21.6. The summed E-state index contributed by atoms with van der Waals surface area (Å²) in [6.45, 7) is 0. The normalized spacial score (nSPS) is 11.8. The van der Waals surface area contributed by atoms with E-state index in [4.69, 9.17) is 9.97 Å². The van der Waals surface area contributed by atoms with E-state index in [1.807, 2.05) is 12.1 Å². The highest BCUT2D eigenvalue weighted by Crippen LogP contribution is 2.44. The minimum atomic E-state index is 0.688. The van der Waals surface area contributed by atoms with Gasteiger partial charge in [-0.25, -0.2) is 9.97 Å². The minimum Gasteiger partial charge on any atom is -0.294 e. The predicted octanol–water partition coefficient (Wildman–Crippen LogP) is 16.0. The number of hydrogen-bond donors (Lipinski definition) is 0. The molecule has 3 nitrogen and oxygen atoms in total. The van der Waals surface area contributed by atoms with Gasteiger partial charge in [-0.15, -0.1) is 0 Å². The lowest BCUT2D eigenvalue weighted by Crippen LogP contribution is -2.02. The number of aromatic nitrogens is 3. The van der Waals surface area contributed by atoms with E-state index in [1.54, 1.807) is 0 Å². The molecule has 0 aliphatic rings. The van der Waals surface area contributed by atoms with Crippen LogP contribution in [0.4, 0.5) is 0 Å². The molecule has 0 saturated heterocycles. The monoisotopic (exact) mass is 799 g/mol. The number of hydrogen-bond acceptors (Lipinski definition) is 2. The van der Waals surface area contributed by atoms with Crippen molar-refractivity contribution >= 4 is 75.7 Å². The van der Waals surface area contributed by atoms with Gasteiger partial charge in [0.05, 0.1) is 16.7 Å². The summed E-state index contributed by atoms with van der Waals surface area (Å²) >= 11 is 0. The Hall–Kier alpha value is -8.40. The molecular formula is C60H37N3. The molecule has 0 bridgehead atoms. The van der Waals surface area contributed by atoms with Crippen LogP contribution in [-0.4, -0.2) is 14.5 Å². The second kappa shape index (κ2) is 14.1. The molecule has 0 atom stereocenters. The van der Waals surface area contributed by atoms with Crippen molar-refractivity contribution in [1.82, 2.24) is 14.5 Å². The summed E-state index contributed by atoms with van der Waals surface area (Å²) in [4.78, 5) is 10.6. The van der Waals surface area contributed by atoms with Crippen molar-refractivity contribution in [2.45, 2.75) is 0 Å². The molecule has 0 unspecified atom stereocenters. The van der Waals surface area contributed by atoms with Crippen LogP contribution in [0.3, 0.4) is 0 Å². The zero-order valence-corrected chi connectivity index (χ0v) is 34.2. The van der Waals surface area contributed by atoms with Crippen molar-refractivity contribution in [3.05, 3.63) is 224 Å². The van der Waals surface area contributed by atoms with E-state index in [1.165, 1.54) is 86.9 Å². The maximum Gasteiger partial charge on any atom is 0.162 e. The topological polar surface area (TPSA) is 30.7 Å². The van der Waals surface area contributed by atoms with Crippen LogP contribution in [-0.2, 0) is 0 Å². The summed E-state index contributed by atoms with van der Waals surface area (Å²) in [5, 5.41) is 14.7. The van der Waals surface area contributed by atoms with E-state index in [0.717, 1.165) is 33.7 Å². The first-order valence-electron chi connectivity index (χ1n) is 21.6. The lowest BCUT2D eigenvalue weighted by Gasteiger charge is -2.15. The molecule has 63 heavy (non-hydrogen) atoms. The molecule has 0 N–H and O–H groups in total. The standard InChI is InChI=1S/C60H37N3/c1-3-17-40(18-4-1)56-37-59(62-60(61-56)41-19-5-2-6-20-41)63-57-32-30-43(47-28-14-22-39-16-8-10-24-45(39)47)34-54(57)55-35-52-49-26-12-11-25-48(49)51-33-42(29-31-50(51)53(52)36-58(55)63)46-27-13-21-38-15-7-9-23-44(38)46/h1-37H. The second-order valence-electron chi connectivity index (χ2n) is 16.5. The van der Waals surface area contributed by atoms with Gasteiger partial charge in [0.15, 0.2) is 5.82 Å². The Balaban J connectivity index is 1.14. The fourth-order valence-electron chi connectivity index (χ4n) is 10.0. The van der Waals surface area contributed by atoms with E-state index < -0.39 is 0 Å². The zero-order valence-electron chi connectivity index (χ0n) is 34.2. The van der Waals surface area contributed by atoms with Crippen LogP contribution < -0.4 is 0 Å². The first kappa shape index (κ1) is 35.4. The van der Waals surface area contributed by atoms with Crippen molar-refractivity contribution in [2.75, 3.05) is 0 Å². The van der Waals surface area contributed by atoms with Crippen LogP contribution in [0.15, 0.2) is 224 Å². The van der Waals surface area contributed by atoms with Gasteiger partial charge in [-0.2, -0.15) is 0 Å². The van der Waals surface area contributed by atoms with Crippen molar-refractivity contribution in [2.24, 2.45) is 0 Å². The highest BCUT2D eigenvalue weighted by Gasteiger charge is 2.21. The van der Waals surface area contributed by atoms with Gasteiger partial charge in [-0.05, 0) is 106 Å². The largest absolute Gasteiger partial charge is 0.294 e. The number of nitrogens with zero attached hydrogens (tertiary/aromatic N) is 3. The van der Waals surface area contributed by atoms with E-state index in [2.05, 4.69) is 217 Å². The molecule has 0 fully saturated rings. The fourth-order valence-corrected chi connectivity index (χ4v) is 10.0. The van der Waals surface area contributed by atoms with Crippen molar-refractivity contribution in [1.29, 1.82) is 0 Å². The van der Waals surface area contributed by atoms with Gasteiger partial charge in [-0.3, -0.25) is 4.57 Å². The van der Waals surface area contributed by atoms with Gasteiger partial charge < -0.3 is 0 Å². The van der Waals surface area contributed by atoms with Gasteiger partial charge in [0, 0.05) is 28.0 Å². The van der Waals surface area contributed by atoms with Gasteiger partial charge >= 0.3 is 0 Å². The number of benzene rings is 11. The van der Waals surface area contributed by atoms with E-state index in [0.29, 0.717) is 5.82 Å². The SMILES string of the molecule is c1ccc(-c2cc(-n3c4ccc(-c5cccc6ccccc56)cc4c4cc5c6ccccc6c6cc(-c7cccc8ccccc78)ccc6c5cc43)nc(-c3ccccc3)n2)cc1. The predicted molar refractivity (Wildman–Crippen MR) is 266 cm³/mol. The van der Waals surface area contributed by atoms with Crippen molar-refractivity contribution in [3.63, 3.8) is 0 Å². The van der Waals surface area contributed by atoms with Crippen molar-refractivity contribution < 1.29 is 0 Å². The lowest BCUT2D eigenvalue weighted by molar-refractivity contribution is 1.05. The van der Waals surface area contributed by atoms with Gasteiger partial charge in [0.1, 0.15) is 5.82 Å². The van der Waals surface area contributed by atoms with Gasteiger partial charge in [0.2, 0.25) is 0 Å². The Morgan fingerprint density at radius 1 is 0.270 bits per heavy atom. The summed E-state index contributed by atoms with van der Waals surface area (Å²) in [6.07, 6.45) is 0. The minimum absolute atomic E-state index is 0.688. The zero-order chi connectivity index (χ0) is 41.4. The summed E-state index contributed by atoms with van der Waals surface area (Å²) in [5.74, 6) is 1.51. The Kier molecular flexibility index (Phi) is 7.91. The third-order valence-electron chi connectivity index (χ3n) is 13.0. The molecule has 0 amide bonds. The molecule has 0 spiro atoms. The van der Waals surface area contributed by atoms with Crippen LogP contribution >= 0.6 is 0 Å². The Bertz CT molecular complexity index is 3890. The number of fused-ring (bicyclic) bond motifs is 11. The summed E-state index contributed by atoms with van der Waals surface area (Å²) in [5.41, 5.74) is 9.93. The molecule has 13 aromatic rings. The average Bonchev–Trinajstić information content (AvgIpc) is 3.68. The molecule has 3 heteroatoms. The van der Waals surface area contributed by atoms with Crippen molar-refractivity contribution in [3.8, 4) is 50.7 Å². The molecule has 0 saturated carbocycles. The molecule has 0 aliphatic carbocycles. The maximum absolute atomic E-state index is 5.41. The molecule has 13 rings (SSSR count). The van der Waals surface area contributed by atoms with Crippen LogP contribution in [0.1, 0.15) is 0 Å². The average molecular weight is 800 g/mol. The molecule has 2 aromatic heterocycles. The van der Waals surface area contributed by atoms with Gasteiger partial charge in [-0.1, -0.05) is 188 Å². The number of rotatable bonds is 5. The van der Waals surface area contributed by atoms with E-state index in [-0.39, 0.29) is 0 Å². The molecular weight excluding hydrogens is 763 g/mol. The molecule has 2 heterocycles. The lowest BCUT2D eigenvalue weighted by atomic mass is 9.90. The quantitative estimate of drug-likeness (QED) is 0.162. The molecule has 11 aromatic carbocycles. The fraction of sp³-hybridized carbons (Fsp3) is 0. The second-order valence-corrected chi connectivity index (χ2v) is 16.5. The summed E-state index contributed by atoms with van der Waals surface area (Å²) < 4.78 is 2.36. The highest BCUT2D eigenvalue weighted by molar-refractivity contribution is 6.29. The van der Waals surface area contributed by atoms with E-state index >= 15 is 0 Å². The summed E-state index contributed by atoms with van der Waals surface area (Å²) in [7, 11) is 0. The van der Waals surface area contributed by atoms with E-state index in [9.17, 15) is 0 Å². The van der Waals surface area contributed by atoms with Gasteiger partial charge in [0.25, 0.3) is 0 Å². The molecule has 292 valence electrons. The Morgan fingerprint density at radius 3 is 1.43 bits per heavy atom. The third kappa shape index (κ3) is 5.67. The molecule has 0 aliphatic heterocycles. The Morgan fingerprint density at radius 2 is 0.762 bits per heavy atom. The van der Waals surface area contributed by atoms with Crippen LogP contribution in [0.2, 0.25) is 0 Å². The summed E-state index contributed by atoms with van der Waals surface area (Å²) in [6, 6.07) is 81.2. The Labute approximate surface area is 363 Å². The van der Waals surface area contributed by atoms with Crippen LogP contribution in [0.25, 0.3) is 126 Å². The smallest absolute Gasteiger partial charge is 0.162 e. The van der Waals surface area contributed by atoms with Crippen LogP contribution in [0, 0.1) is 0 Å².